The summed E-state index contributed by atoms with van der Waals surface area (Å²) in [6, 6.07) is 8.47. The maximum Gasteiger partial charge on any atom is 0.410 e. The van der Waals surface area contributed by atoms with Crippen LogP contribution in [0.3, 0.4) is 0 Å². The minimum Gasteiger partial charge on any atom is -0.472 e. The van der Waals surface area contributed by atoms with E-state index in [1.807, 2.05) is 11.8 Å². The highest BCUT2D eigenvalue weighted by atomic mass is 32.1. The van der Waals surface area contributed by atoms with Crippen LogP contribution in [-0.4, -0.2) is 59.0 Å². The Bertz CT molecular complexity index is 1180. The number of fused-ring (bicyclic) bond motifs is 3. The van der Waals surface area contributed by atoms with E-state index in [-0.39, 0.29) is 29.6 Å². The number of rotatable bonds is 4. The molecule has 0 spiro atoms. The second-order valence-electron chi connectivity index (χ2n) is 9.73. The van der Waals surface area contributed by atoms with E-state index < -0.39 is 0 Å². The van der Waals surface area contributed by atoms with Crippen molar-refractivity contribution < 1.29 is 19.0 Å². The van der Waals surface area contributed by atoms with Crippen molar-refractivity contribution in [3.05, 3.63) is 41.5 Å². The predicted molar refractivity (Wildman–Crippen MR) is 125 cm³/mol. The maximum atomic E-state index is 12.7. The van der Waals surface area contributed by atoms with E-state index in [9.17, 15) is 4.79 Å². The van der Waals surface area contributed by atoms with Crippen LogP contribution in [0.25, 0.3) is 21.3 Å². The van der Waals surface area contributed by atoms with E-state index in [1.54, 1.807) is 17.7 Å². The fraction of sp³-hybridized carbons (Fsp3) is 0.480. The molecule has 3 fully saturated rings. The average molecular weight is 466 g/mol. The van der Waals surface area contributed by atoms with Crippen LogP contribution in [0.5, 0.6) is 5.88 Å². The van der Waals surface area contributed by atoms with Crippen molar-refractivity contribution in [2.75, 3.05) is 26.3 Å². The lowest BCUT2D eigenvalue weighted by Gasteiger charge is -2.46. The number of piperidine rings is 1. The van der Waals surface area contributed by atoms with E-state index >= 15 is 0 Å². The van der Waals surface area contributed by atoms with Crippen LogP contribution in [0.15, 0.2) is 36.0 Å². The fourth-order valence-corrected chi connectivity index (χ4v) is 5.73. The third kappa shape index (κ3) is 3.95. The second-order valence-corrected chi connectivity index (χ2v) is 10.6. The Labute approximate surface area is 196 Å². The number of aryl methyl sites for hydroxylation is 1. The number of hydrogen-bond donors (Lipinski definition) is 0. The number of carbonyl (C=O) groups is 1. The molecule has 2 atom stereocenters. The molecule has 2 saturated heterocycles. The zero-order valence-corrected chi connectivity index (χ0v) is 19.6. The summed E-state index contributed by atoms with van der Waals surface area (Å²) in [5.41, 5.74) is 4.10. The Morgan fingerprint density at radius 2 is 1.88 bits per heavy atom. The fourth-order valence-electron chi connectivity index (χ4n) is 4.77. The highest BCUT2D eigenvalue weighted by Crippen LogP contribution is 2.41. The van der Waals surface area contributed by atoms with Gasteiger partial charge in [-0.3, -0.25) is 0 Å². The number of thiophene rings is 1. The molecule has 1 amide bonds. The molecular weight excluding hydrogens is 438 g/mol. The number of nitrogens with zero attached hydrogens (tertiary/aromatic N) is 3. The Kier molecular flexibility index (Phi) is 5.03. The lowest BCUT2D eigenvalue weighted by atomic mass is 9.84. The first kappa shape index (κ1) is 20.9. The molecule has 7 nitrogen and oxygen atoms in total. The summed E-state index contributed by atoms with van der Waals surface area (Å²) in [5.74, 6) is 0.781. The van der Waals surface area contributed by atoms with Gasteiger partial charge in [0.1, 0.15) is 22.7 Å². The zero-order valence-electron chi connectivity index (χ0n) is 18.8. The minimum absolute atomic E-state index is 0.0534. The van der Waals surface area contributed by atoms with Gasteiger partial charge in [0.15, 0.2) is 0 Å². The van der Waals surface area contributed by atoms with Gasteiger partial charge in [-0.25, -0.2) is 14.8 Å². The summed E-state index contributed by atoms with van der Waals surface area (Å²) < 4.78 is 19.0. The molecule has 33 heavy (non-hydrogen) atoms. The summed E-state index contributed by atoms with van der Waals surface area (Å²) >= 11 is 1.61. The summed E-state index contributed by atoms with van der Waals surface area (Å²) in [5, 5.41) is 2.12. The number of benzene rings is 1. The first-order valence-corrected chi connectivity index (χ1v) is 12.4. The lowest BCUT2D eigenvalue weighted by Crippen LogP contribution is -2.59. The van der Waals surface area contributed by atoms with Crippen LogP contribution in [0, 0.1) is 18.8 Å². The first-order chi connectivity index (χ1) is 16.0. The summed E-state index contributed by atoms with van der Waals surface area (Å²) in [4.78, 5) is 23.6. The molecule has 2 aliphatic heterocycles. The summed E-state index contributed by atoms with van der Waals surface area (Å²) in [6.45, 7) is 6.36. The van der Waals surface area contributed by atoms with E-state index in [1.165, 1.54) is 5.56 Å². The monoisotopic (exact) mass is 465 g/mol. The Morgan fingerprint density at radius 3 is 2.58 bits per heavy atom. The molecular formula is C25H27N3O4S. The first-order valence-electron chi connectivity index (χ1n) is 11.5. The van der Waals surface area contributed by atoms with Crippen LogP contribution in [0.2, 0.25) is 0 Å². The molecule has 1 aromatic carbocycles. The van der Waals surface area contributed by atoms with Crippen molar-refractivity contribution >= 4 is 27.6 Å². The van der Waals surface area contributed by atoms with Gasteiger partial charge >= 0.3 is 6.09 Å². The van der Waals surface area contributed by atoms with Crippen molar-refractivity contribution in [3.8, 4) is 17.0 Å². The Hall–Kier alpha value is -2.71. The highest BCUT2D eigenvalue weighted by molar-refractivity contribution is 7.18. The van der Waals surface area contributed by atoms with Crippen LogP contribution in [-0.2, 0) is 9.47 Å². The molecule has 2 aromatic heterocycles. The SMILES string of the molecule is Cc1ccc(-c2csc3c(OC4C5COCC4CN(C(=O)OC4(C)CC4)C5)ncnc23)cc1. The lowest BCUT2D eigenvalue weighted by molar-refractivity contribution is -0.111. The number of aromatic nitrogens is 2. The van der Waals surface area contributed by atoms with Gasteiger partial charge in [-0.05, 0) is 32.3 Å². The predicted octanol–water partition coefficient (Wildman–Crippen LogP) is 4.68. The van der Waals surface area contributed by atoms with Gasteiger partial charge in [0.05, 0.1) is 18.7 Å². The molecule has 4 heterocycles. The number of likely N-dealkylation sites (tertiary alicyclic amines) is 1. The van der Waals surface area contributed by atoms with Crippen LogP contribution in [0.4, 0.5) is 4.79 Å². The number of amides is 1. The molecule has 8 heteroatoms. The number of ether oxygens (including phenoxy) is 3. The molecule has 0 N–H and O–H groups in total. The van der Waals surface area contributed by atoms with Crippen LogP contribution >= 0.6 is 11.3 Å². The largest absolute Gasteiger partial charge is 0.472 e. The van der Waals surface area contributed by atoms with Gasteiger partial charge in [0, 0.05) is 35.9 Å². The quantitative estimate of drug-likeness (QED) is 0.557. The molecule has 0 radical (unpaired) electrons. The van der Waals surface area contributed by atoms with E-state index in [0.717, 1.165) is 34.2 Å². The summed E-state index contributed by atoms with van der Waals surface area (Å²) in [7, 11) is 0. The highest BCUT2D eigenvalue weighted by Gasteiger charge is 2.47. The second kappa shape index (κ2) is 7.95. The molecule has 1 aliphatic carbocycles. The zero-order chi connectivity index (χ0) is 22.6. The standard InChI is InChI=1S/C25H27N3O4S/c1-15-3-5-16(6-4-15)19-13-33-22-20(19)26-14-27-23(22)31-21-17-9-28(10-18(21)12-30-11-17)24(29)32-25(2)7-8-25/h3-6,13-14,17-18,21H,7-12H2,1-2H3. The van der Waals surface area contributed by atoms with Crippen LogP contribution in [0.1, 0.15) is 25.3 Å². The Balaban J connectivity index is 1.23. The molecule has 6 rings (SSSR count). The van der Waals surface area contributed by atoms with Crippen molar-refractivity contribution in [3.63, 3.8) is 0 Å². The molecule has 172 valence electrons. The van der Waals surface area contributed by atoms with E-state index in [0.29, 0.717) is 32.2 Å². The molecule has 3 aromatic rings. The summed E-state index contributed by atoms with van der Waals surface area (Å²) in [6.07, 6.45) is 3.21. The van der Waals surface area contributed by atoms with Crippen molar-refractivity contribution in [2.45, 2.75) is 38.4 Å². The molecule has 3 aliphatic rings. The van der Waals surface area contributed by atoms with Crippen molar-refractivity contribution in [2.24, 2.45) is 11.8 Å². The minimum atomic E-state index is -0.267. The number of carbonyl (C=O) groups excluding carboxylic acids is 1. The molecule has 2 bridgehead atoms. The smallest absolute Gasteiger partial charge is 0.410 e. The van der Waals surface area contributed by atoms with Gasteiger partial charge in [-0.1, -0.05) is 29.8 Å². The third-order valence-electron chi connectivity index (χ3n) is 6.98. The molecule has 1 saturated carbocycles. The van der Waals surface area contributed by atoms with Crippen LogP contribution < -0.4 is 4.74 Å². The Morgan fingerprint density at radius 1 is 1.15 bits per heavy atom. The van der Waals surface area contributed by atoms with Gasteiger partial charge in [-0.15, -0.1) is 11.3 Å². The van der Waals surface area contributed by atoms with Crippen molar-refractivity contribution in [1.29, 1.82) is 0 Å². The normalized spacial score (nSPS) is 25.6. The van der Waals surface area contributed by atoms with E-state index in [4.69, 9.17) is 14.2 Å². The average Bonchev–Trinajstić information content (AvgIpc) is 3.35. The third-order valence-corrected chi connectivity index (χ3v) is 7.94. The number of hydrogen-bond acceptors (Lipinski definition) is 7. The van der Waals surface area contributed by atoms with Gasteiger partial charge in [0.2, 0.25) is 5.88 Å². The van der Waals surface area contributed by atoms with Gasteiger partial charge in [-0.2, -0.15) is 0 Å². The topological polar surface area (TPSA) is 73.8 Å². The maximum absolute atomic E-state index is 12.7. The molecule has 2 unspecified atom stereocenters. The van der Waals surface area contributed by atoms with Gasteiger partial charge in [0.25, 0.3) is 0 Å². The van der Waals surface area contributed by atoms with E-state index in [2.05, 4.69) is 46.5 Å². The van der Waals surface area contributed by atoms with Crippen molar-refractivity contribution in [1.82, 2.24) is 14.9 Å². The van der Waals surface area contributed by atoms with Gasteiger partial charge < -0.3 is 19.1 Å².